The highest BCUT2D eigenvalue weighted by atomic mass is 16.5. The second-order valence-corrected chi connectivity index (χ2v) is 10.8. The number of para-hydroxylation sites is 1. The zero-order valence-corrected chi connectivity index (χ0v) is 21.3. The summed E-state index contributed by atoms with van der Waals surface area (Å²) in [6, 6.07) is 17.4. The molecule has 4 heterocycles. The summed E-state index contributed by atoms with van der Waals surface area (Å²) in [5.41, 5.74) is 3.18. The molecule has 3 aliphatic heterocycles. The molecule has 3 aromatic rings. The number of piperazine rings is 1. The molecule has 0 radical (unpaired) electrons. The fraction of sp³-hybridized carbons (Fsp3) is 0.552. The number of likely N-dealkylation sites (tertiary alicyclic amines) is 1. The van der Waals surface area contributed by atoms with Crippen molar-refractivity contribution in [2.45, 2.75) is 43.8 Å². The summed E-state index contributed by atoms with van der Waals surface area (Å²) in [4.78, 5) is 5.17. The highest BCUT2D eigenvalue weighted by molar-refractivity contribution is 5.80. The van der Waals surface area contributed by atoms with Crippen LogP contribution in [0.3, 0.4) is 0 Å². The van der Waals surface area contributed by atoms with Gasteiger partial charge >= 0.3 is 0 Å². The number of methoxy groups -OCH3 is 1. The summed E-state index contributed by atoms with van der Waals surface area (Å²) >= 11 is 0. The van der Waals surface area contributed by atoms with Gasteiger partial charge in [-0.05, 0) is 62.1 Å². The van der Waals surface area contributed by atoms with E-state index in [9.17, 15) is 0 Å². The Labute approximate surface area is 213 Å². The molecule has 2 aromatic carbocycles. The van der Waals surface area contributed by atoms with Gasteiger partial charge in [0.05, 0.1) is 18.8 Å². The van der Waals surface area contributed by atoms with E-state index in [0.717, 1.165) is 87.7 Å². The van der Waals surface area contributed by atoms with Crippen LogP contribution in [0.5, 0.6) is 5.75 Å². The minimum Gasteiger partial charge on any atom is -0.493 e. The van der Waals surface area contributed by atoms with Crippen molar-refractivity contribution in [1.29, 1.82) is 0 Å². The summed E-state index contributed by atoms with van der Waals surface area (Å²) < 4.78 is 17.5. The fourth-order valence-corrected chi connectivity index (χ4v) is 6.57. The Kier molecular flexibility index (Phi) is 6.98. The molecule has 36 heavy (non-hydrogen) atoms. The van der Waals surface area contributed by atoms with Crippen molar-refractivity contribution in [1.82, 2.24) is 20.3 Å². The molecule has 0 spiro atoms. The number of hydrogen-bond donors (Lipinski definition) is 1. The fourth-order valence-electron chi connectivity index (χ4n) is 6.57. The van der Waals surface area contributed by atoms with Crippen molar-refractivity contribution < 1.29 is 14.0 Å². The molecule has 1 aromatic heterocycles. The first-order valence-electron chi connectivity index (χ1n) is 13.5. The van der Waals surface area contributed by atoms with E-state index < -0.39 is 0 Å². The van der Waals surface area contributed by atoms with Gasteiger partial charge in [0.15, 0.2) is 5.58 Å². The standard InChI is InChI=1S/C29H38N4O3/c1-34-20-24-7-5-14-32(24)17-22-6-4-8-25(16-22)35-19-23-11-12-29(21-30-13-15-33(29)18-23)28-26-9-2-3-10-27(26)36-31-28/h2-4,6,8-10,16,23-24,30H,5,7,11-15,17-21H2,1H3/t23-,24?,29-/m0/s1. The summed E-state index contributed by atoms with van der Waals surface area (Å²) in [5.74, 6) is 1.48. The normalized spacial score (nSPS) is 27.4. The average molecular weight is 491 g/mol. The number of nitrogens with one attached hydrogen (secondary N) is 1. The van der Waals surface area contributed by atoms with E-state index in [1.54, 1.807) is 7.11 Å². The minimum atomic E-state index is -0.101. The molecule has 0 saturated carbocycles. The van der Waals surface area contributed by atoms with Gasteiger partial charge in [-0.3, -0.25) is 9.80 Å². The van der Waals surface area contributed by atoms with Gasteiger partial charge < -0.3 is 19.3 Å². The van der Waals surface area contributed by atoms with Gasteiger partial charge in [0.1, 0.15) is 11.4 Å². The third kappa shape index (κ3) is 4.65. The molecule has 3 saturated heterocycles. The largest absolute Gasteiger partial charge is 0.493 e. The average Bonchev–Trinajstić information content (AvgIpc) is 3.55. The first kappa shape index (κ1) is 23.9. The van der Waals surface area contributed by atoms with E-state index in [0.29, 0.717) is 12.0 Å². The lowest BCUT2D eigenvalue weighted by molar-refractivity contribution is -0.0172. The predicted molar refractivity (Wildman–Crippen MR) is 140 cm³/mol. The quantitative estimate of drug-likeness (QED) is 0.512. The first-order chi connectivity index (χ1) is 17.7. The third-order valence-corrected chi connectivity index (χ3v) is 8.47. The van der Waals surface area contributed by atoms with Crippen molar-refractivity contribution in [2.24, 2.45) is 5.92 Å². The van der Waals surface area contributed by atoms with Crippen LogP contribution in [0.15, 0.2) is 53.1 Å². The van der Waals surface area contributed by atoms with Crippen LogP contribution in [0.25, 0.3) is 11.0 Å². The summed E-state index contributed by atoms with van der Waals surface area (Å²) in [6.45, 7) is 7.64. The van der Waals surface area contributed by atoms with Gasteiger partial charge in [0.2, 0.25) is 0 Å². The van der Waals surface area contributed by atoms with Gasteiger partial charge in [0, 0.05) is 57.2 Å². The van der Waals surface area contributed by atoms with Crippen LogP contribution in [-0.2, 0) is 16.8 Å². The molecular weight excluding hydrogens is 452 g/mol. The number of benzene rings is 2. The number of aromatic nitrogens is 1. The van der Waals surface area contributed by atoms with Gasteiger partial charge in [-0.15, -0.1) is 0 Å². The SMILES string of the molecule is COCC1CCCN1Cc1cccc(OC[C@H]2CC[C@@]3(c4noc5ccccc45)CNCCN3C2)c1. The third-order valence-electron chi connectivity index (χ3n) is 8.47. The van der Waals surface area contributed by atoms with Crippen molar-refractivity contribution in [3.63, 3.8) is 0 Å². The molecule has 1 unspecified atom stereocenters. The van der Waals surface area contributed by atoms with Crippen LogP contribution in [-0.4, -0.2) is 74.0 Å². The maximum Gasteiger partial charge on any atom is 0.167 e. The molecule has 7 heteroatoms. The molecule has 3 atom stereocenters. The van der Waals surface area contributed by atoms with E-state index in [1.165, 1.54) is 18.4 Å². The molecule has 3 aliphatic rings. The molecule has 7 nitrogen and oxygen atoms in total. The maximum absolute atomic E-state index is 6.38. The van der Waals surface area contributed by atoms with Crippen molar-refractivity contribution >= 4 is 11.0 Å². The number of nitrogens with zero attached hydrogens (tertiary/aromatic N) is 3. The van der Waals surface area contributed by atoms with E-state index in [2.05, 4.69) is 56.7 Å². The summed E-state index contributed by atoms with van der Waals surface area (Å²) in [5, 5.41) is 9.35. The van der Waals surface area contributed by atoms with Crippen molar-refractivity contribution in [2.75, 3.05) is 53.0 Å². The second-order valence-electron chi connectivity index (χ2n) is 10.8. The zero-order valence-electron chi connectivity index (χ0n) is 21.3. The van der Waals surface area contributed by atoms with Crippen LogP contribution in [0.2, 0.25) is 0 Å². The van der Waals surface area contributed by atoms with E-state index in [-0.39, 0.29) is 5.54 Å². The van der Waals surface area contributed by atoms with Crippen LogP contribution < -0.4 is 10.1 Å². The Hall–Kier alpha value is -2.45. The first-order valence-corrected chi connectivity index (χ1v) is 13.5. The van der Waals surface area contributed by atoms with E-state index in [1.807, 2.05) is 12.1 Å². The number of hydrogen-bond acceptors (Lipinski definition) is 7. The van der Waals surface area contributed by atoms with E-state index >= 15 is 0 Å². The predicted octanol–water partition coefficient (Wildman–Crippen LogP) is 4.03. The molecule has 192 valence electrons. The lowest BCUT2D eigenvalue weighted by Crippen LogP contribution is -2.62. The smallest absolute Gasteiger partial charge is 0.167 e. The Bertz CT molecular complexity index is 1170. The molecule has 0 bridgehead atoms. The van der Waals surface area contributed by atoms with Gasteiger partial charge in [-0.2, -0.15) is 0 Å². The van der Waals surface area contributed by atoms with Crippen LogP contribution in [0.1, 0.15) is 36.9 Å². The van der Waals surface area contributed by atoms with Crippen LogP contribution in [0.4, 0.5) is 0 Å². The lowest BCUT2D eigenvalue weighted by Gasteiger charge is -2.51. The van der Waals surface area contributed by atoms with Gasteiger partial charge in [-0.1, -0.05) is 29.4 Å². The van der Waals surface area contributed by atoms with Crippen molar-refractivity contribution in [3.8, 4) is 5.75 Å². The number of fused-ring (bicyclic) bond motifs is 2. The Balaban J connectivity index is 1.10. The van der Waals surface area contributed by atoms with Crippen LogP contribution in [0, 0.1) is 5.92 Å². The van der Waals surface area contributed by atoms with Gasteiger partial charge in [-0.25, -0.2) is 0 Å². The minimum absolute atomic E-state index is 0.101. The Morgan fingerprint density at radius 2 is 2.06 bits per heavy atom. The summed E-state index contributed by atoms with van der Waals surface area (Å²) in [6.07, 6.45) is 4.65. The zero-order chi connectivity index (χ0) is 24.4. The van der Waals surface area contributed by atoms with E-state index in [4.69, 9.17) is 14.0 Å². The van der Waals surface area contributed by atoms with Gasteiger partial charge in [0.25, 0.3) is 0 Å². The number of piperidine rings is 1. The maximum atomic E-state index is 6.38. The molecular formula is C29H38N4O3. The molecule has 0 amide bonds. The number of rotatable bonds is 8. The molecule has 6 rings (SSSR count). The highest BCUT2D eigenvalue weighted by Crippen LogP contribution is 2.42. The lowest BCUT2D eigenvalue weighted by atomic mass is 9.77. The second kappa shape index (κ2) is 10.5. The number of ether oxygens (including phenoxy) is 2. The molecule has 0 aliphatic carbocycles. The topological polar surface area (TPSA) is 63.0 Å². The highest BCUT2D eigenvalue weighted by Gasteiger charge is 2.47. The monoisotopic (exact) mass is 490 g/mol. The summed E-state index contributed by atoms with van der Waals surface area (Å²) in [7, 11) is 1.80. The Morgan fingerprint density at radius 1 is 1.11 bits per heavy atom. The Morgan fingerprint density at radius 3 is 3.00 bits per heavy atom. The molecule has 3 fully saturated rings. The van der Waals surface area contributed by atoms with Crippen LogP contribution >= 0.6 is 0 Å². The molecule has 1 N–H and O–H groups in total. The van der Waals surface area contributed by atoms with Crippen molar-refractivity contribution in [3.05, 3.63) is 59.8 Å².